The van der Waals surface area contributed by atoms with Crippen LogP contribution in [0.2, 0.25) is 5.02 Å². The Hall–Kier alpha value is -4.56. The van der Waals surface area contributed by atoms with Crippen LogP contribution in [0, 0.1) is 0 Å². The van der Waals surface area contributed by atoms with E-state index in [1.54, 1.807) is 79.1 Å². The van der Waals surface area contributed by atoms with Crippen molar-refractivity contribution < 1.29 is 14.4 Å². The minimum atomic E-state index is -0.805. The number of carbonyl (C=O) groups is 3. The molecular formula is C28H22ClN5O3. The summed E-state index contributed by atoms with van der Waals surface area (Å²) in [6, 6.07) is 21.6. The Bertz CT molecular complexity index is 1450. The first-order valence-corrected chi connectivity index (χ1v) is 12.0. The second kappa shape index (κ2) is 10.6. The molecule has 2 aromatic heterocycles. The van der Waals surface area contributed by atoms with Crippen molar-refractivity contribution in [2.45, 2.75) is 19.0 Å². The molecule has 2 N–H and O–H groups in total. The van der Waals surface area contributed by atoms with Gasteiger partial charge >= 0.3 is 0 Å². The molecular weight excluding hydrogens is 490 g/mol. The van der Waals surface area contributed by atoms with Crippen LogP contribution in [0.3, 0.4) is 0 Å². The van der Waals surface area contributed by atoms with Crippen molar-refractivity contribution in [1.82, 2.24) is 14.9 Å². The Kier molecular flexibility index (Phi) is 6.91. The van der Waals surface area contributed by atoms with Crippen molar-refractivity contribution in [3.05, 3.63) is 119 Å². The maximum Gasteiger partial charge on any atom is 0.256 e. The zero-order valence-corrected chi connectivity index (χ0v) is 20.4. The molecule has 1 atom stereocenters. The van der Waals surface area contributed by atoms with E-state index in [2.05, 4.69) is 20.6 Å². The third kappa shape index (κ3) is 5.49. The van der Waals surface area contributed by atoms with Gasteiger partial charge < -0.3 is 15.5 Å². The molecule has 0 radical (unpaired) electrons. The van der Waals surface area contributed by atoms with E-state index in [0.29, 0.717) is 33.3 Å². The van der Waals surface area contributed by atoms with Gasteiger partial charge in [-0.3, -0.25) is 19.4 Å². The van der Waals surface area contributed by atoms with Crippen LogP contribution >= 0.6 is 11.6 Å². The van der Waals surface area contributed by atoms with Crippen molar-refractivity contribution in [1.29, 1.82) is 0 Å². The second-order valence-corrected chi connectivity index (χ2v) is 8.96. The summed E-state index contributed by atoms with van der Waals surface area (Å²) in [5.74, 6) is -0.475. The van der Waals surface area contributed by atoms with Crippen LogP contribution in [0.25, 0.3) is 0 Å². The summed E-state index contributed by atoms with van der Waals surface area (Å²) >= 11 is 6.13. The fraction of sp³-hybridized carbons (Fsp3) is 0.107. The van der Waals surface area contributed by atoms with Crippen LogP contribution in [0.4, 0.5) is 11.5 Å². The molecule has 1 aliphatic rings. The highest BCUT2D eigenvalue weighted by Crippen LogP contribution is 2.28. The van der Waals surface area contributed by atoms with E-state index in [0.717, 1.165) is 5.56 Å². The number of halogens is 1. The number of hydrogen-bond donors (Lipinski definition) is 2. The molecule has 0 bridgehead atoms. The Morgan fingerprint density at radius 2 is 1.70 bits per heavy atom. The van der Waals surface area contributed by atoms with E-state index in [4.69, 9.17) is 11.6 Å². The highest BCUT2D eigenvalue weighted by molar-refractivity contribution is 6.31. The van der Waals surface area contributed by atoms with Crippen molar-refractivity contribution in [3.63, 3.8) is 0 Å². The number of nitrogens with zero attached hydrogens (tertiary/aromatic N) is 3. The lowest BCUT2D eigenvalue weighted by Crippen LogP contribution is -2.46. The monoisotopic (exact) mass is 511 g/mol. The Morgan fingerprint density at radius 3 is 2.41 bits per heavy atom. The zero-order valence-electron chi connectivity index (χ0n) is 19.6. The normalized spacial score (nSPS) is 14.9. The summed E-state index contributed by atoms with van der Waals surface area (Å²) < 4.78 is 0. The number of aromatic nitrogens is 2. The minimum absolute atomic E-state index is 0.161. The molecule has 4 aromatic rings. The molecule has 3 heterocycles. The molecule has 1 aliphatic heterocycles. The topological polar surface area (TPSA) is 104 Å². The van der Waals surface area contributed by atoms with Crippen molar-refractivity contribution in [3.8, 4) is 0 Å². The van der Waals surface area contributed by atoms with Crippen LogP contribution in [0.15, 0.2) is 91.3 Å². The zero-order chi connectivity index (χ0) is 25.8. The number of pyridine rings is 2. The summed E-state index contributed by atoms with van der Waals surface area (Å²) in [5, 5.41) is 6.02. The average molecular weight is 512 g/mol. The summed E-state index contributed by atoms with van der Waals surface area (Å²) in [5.41, 5.74) is 2.62. The van der Waals surface area contributed by atoms with Gasteiger partial charge in [-0.25, -0.2) is 4.98 Å². The summed E-state index contributed by atoms with van der Waals surface area (Å²) in [7, 11) is 0. The highest BCUT2D eigenvalue weighted by atomic mass is 35.5. The van der Waals surface area contributed by atoms with Crippen LogP contribution in [-0.2, 0) is 17.8 Å². The highest BCUT2D eigenvalue weighted by Gasteiger charge is 2.36. The third-order valence-electron chi connectivity index (χ3n) is 6.01. The molecule has 5 rings (SSSR count). The summed E-state index contributed by atoms with van der Waals surface area (Å²) in [4.78, 5) is 49.6. The Labute approximate surface area is 218 Å². The number of amides is 3. The molecule has 0 spiro atoms. The molecule has 3 amide bonds. The molecule has 1 unspecified atom stereocenters. The maximum absolute atomic E-state index is 13.7. The van der Waals surface area contributed by atoms with Crippen LogP contribution < -0.4 is 10.6 Å². The predicted molar refractivity (Wildman–Crippen MR) is 140 cm³/mol. The van der Waals surface area contributed by atoms with E-state index in [9.17, 15) is 14.4 Å². The fourth-order valence-electron chi connectivity index (χ4n) is 4.15. The van der Waals surface area contributed by atoms with E-state index < -0.39 is 6.04 Å². The summed E-state index contributed by atoms with van der Waals surface area (Å²) in [6.07, 6.45) is 3.49. The standard InChI is InChI=1S/C28H22ClN5O3/c29-20-11-12-22-23(15-20)32-27(36)24(16-21-5-1-3-13-30-21)34(28(22)37)17-18-7-9-19(10-8-18)26(35)33-25-6-2-4-14-31-25/h1-15,24H,16-17H2,(H,32,36)(H,31,33,35). The quantitative estimate of drug-likeness (QED) is 0.394. The van der Waals surface area contributed by atoms with Gasteiger partial charge in [0.2, 0.25) is 5.91 Å². The molecule has 2 aromatic carbocycles. The first kappa shape index (κ1) is 24.1. The van der Waals surface area contributed by atoms with E-state index >= 15 is 0 Å². The third-order valence-corrected chi connectivity index (χ3v) is 6.25. The summed E-state index contributed by atoms with van der Waals surface area (Å²) in [6.45, 7) is 0.161. The Balaban J connectivity index is 1.42. The van der Waals surface area contributed by atoms with Gasteiger partial charge in [0.05, 0.1) is 11.3 Å². The first-order chi connectivity index (χ1) is 18.0. The molecule has 0 saturated carbocycles. The largest absolute Gasteiger partial charge is 0.323 e. The number of carbonyl (C=O) groups excluding carboxylic acids is 3. The minimum Gasteiger partial charge on any atom is -0.323 e. The molecule has 0 fully saturated rings. The van der Waals surface area contributed by atoms with Gasteiger partial charge in [0.1, 0.15) is 11.9 Å². The number of anilines is 2. The van der Waals surface area contributed by atoms with Gasteiger partial charge in [-0.2, -0.15) is 0 Å². The van der Waals surface area contributed by atoms with E-state index in [1.165, 1.54) is 4.90 Å². The lowest BCUT2D eigenvalue weighted by Gasteiger charge is -2.28. The average Bonchev–Trinajstić information content (AvgIpc) is 3.00. The van der Waals surface area contributed by atoms with Gasteiger partial charge in [-0.15, -0.1) is 0 Å². The molecule has 9 heteroatoms. The van der Waals surface area contributed by atoms with E-state index in [1.807, 2.05) is 12.1 Å². The second-order valence-electron chi connectivity index (χ2n) is 8.52. The van der Waals surface area contributed by atoms with Gasteiger partial charge in [0.25, 0.3) is 11.8 Å². The van der Waals surface area contributed by atoms with Crippen LogP contribution in [0.5, 0.6) is 0 Å². The first-order valence-electron chi connectivity index (χ1n) is 11.6. The van der Waals surface area contributed by atoms with Gasteiger partial charge in [-0.05, 0) is 60.2 Å². The van der Waals surface area contributed by atoms with Crippen LogP contribution in [-0.4, -0.2) is 38.6 Å². The van der Waals surface area contributed by atoms with E-state index in [-0.39, 0.29) is 30.7 Å². The van der Waals surface area contributed by atoms with Gasteiger partial charge in [0.15, 0.2) is 0 Å². The lowest BCUT2D eigenvalue weighted by molar-refractivity contribution is -0.120. The smallest absolute Gasteiger partial charge is 0.256 e. The number of fused-ring (bicyclic) bond motifs is 1. The number of hydrogen-bond acceptors (Lipinski definition) is 5. The molecule has 8 nitrogen and oxygen atoms in total. The molecule has 37 heavy (non-hydrogen) atoms. The Morgan fingerprint density at radius 1 is 0.946 bits per heavy atom. The molecule has 0 aliphatic carbocycles. The maximum atomic E-state index is 13.7. The van der Waals surface area contributed by atoms with Crippen LogP contribution in [0.1, 0.15) is 32.0 Å². The van der Waals surface area contributed by atoms with Crippen molar-refractivity contribution >= 4 is 40.8 Å². The number of nitrogens with one attached hydrogen (secondary N) is 2. The number of rotatable bonds is 6. The predicted octanol–water partition coefficient (Wildman–Crippen LogP) is 4.59. The SMILES string of the molecule is O=C(Nc1ccccn1)c1ccc(CN2C(=O)c3ccc(Cl)cc3NC(=O)C2Cc2ccccn2)cc1. The lowest BCUT2D eigenvalue weighted by atomic mass is 10.0. The van der Waals surface area contributed by atoms with Crippen molar-refractivity contribution in [2.75, 3.05) is 10.6 Å². The van der Waals surface area contributed by atoms with Gasteiger partial charge in [-0.1, -0.05) is 35.9 Å². The molecule has 184 valence electrons. The fourth-order valence-corrected chi connectivity index (χ4v) is 4.32. The number of benzene rings is 2. The van der Waals surface area contributed by atoms with Crippen molar-refractivity contribution in [2.24, 2.45) is 0 Å². The molecule has 0 saturated heterocycles. The van der Waals surface area contributed by atoms with Gasteiger partial charge in [0, 0.05) is 41.6 Å².